The summed E-state index contributed by atoms with van der Waals surface area (Å²) in [5.41, 5.74) is 4.28. The highest BCUT2D eigenvalue weighted by Crippen LogP contribution is 2.12. The van der Waals surface area contributed by atoms with Crippen LogP contribution < -0.4 is 10.6 Å². The topological polar surface area (TPSA) is 49.3 Å². The first-order valence-corrected chi connectivity index (χ1v) is 8.12. The van der Waals surface area contributed by atoms with E-state index in [1.54, 1.807) is 11.3 Å². The molecule has 0 fully saturated rings. The van der Waals surface area contributed by atoms with Gasteiger partial charge < -0.3 is 10.6 Å². The SMILES string of the molecule is CCNC(=NCc1scnc1C)NCCc1ccccc1. The van der Waals surface area contributed by atoms with Crippen LogP contribution in [0, 0.1) is 6.92 Å². The molecule has 1 aromatic carbocycles. The maximum absolute atomic E-state index is 4.61. The average Bonchev–Trinajstić information content (AvgIpc) is 2.91. The van der Waals surface area contributed by atoms with Crippen molar-refractivity contribution >= 4 is 17.3 Å². The molecule has 2 aromatic rings. The number of aryl methyl sites for hydroxylation is 1. The summed E-state index contributed by atoms with van der Waals surface area (Å²) in [6, 6.07) is 10.5. The summed E-state index contributed by atoms with van der Waals surface area (Å²) in [7, 11) is 0. The molecule has 0 unspecified atom stereocenters. The van der Waals surface area contributed by atoms with Crippen LogP contribution in [0.25, 0.3) is 0 Å². The summed E-state index contributed by atoms with van der Waals surface area (Å²) >= 11 is 1.66. The molecule has 5 heteroatoms. The maximum Gasteiger partial charge on any atom is 0.191 e. The molecule has 1 heterocycles. The van der Waals surface area contributed by atoms with E-state index in [0.29, 0.717) is 6.54 Å². The molecule has 1 aromatic heterocycles. The highest BCUT2D eigenvalue weighted by atomic mass is 32.1. The van der Waals surface area contributed by atoms with Gasteiger partial charge in [0.05, 0.1) is 17.7 Å². The molecule has 0 spiro atoms. The number of hydrogen-bond acceptors (Lipinski definition) is 3. The number of benzene rings is 1. The molecular formula is C16H22N4S. The van der Waals surface area contributed by atoms with E-state index in [0.717, 1.165) is 31.2 Å². The monoisotopic (exact) mass is 302 g/mol. The van der Waals surface area contributed by atoms with Crippen LogP contribution in [-0.4, -0.2) is 24.0 Å². The highest BCUT2D eigenvalue weighted by molar-refractivity contribution is 7.09. The van der Waals surface area contributed by atoms with Crippen LogP contribution in [0.4, 0.5) is 0 Å². The van der Waals surface area contributed by atoms with E-state index in [2.05, 4.69) is 51.8 Å². The highest BCUT2D eigenvalue weighted by Gasteiger charge is 2.02. The molecule has 21 heavy (non-hydrogen) atoms. The van der Waals surface area contributed by atoms with Crippen LogP contribution in [0.5, 0.6) is 0 Å². The van der Waals surface area contributed by atoms with E-state index in [-0.39, 0.29) is 0 Å². The number of guanidine groups is 1. The molecule has 0 bridgehead atoms. The Hall–Kier alpha value is -1.88. The van der Waals surface area contributed by atoms with E-state index in [4.69, 9.17) is 0 Å². The van der Waals surface area contributed by atoms with Crippen molar-refractivity contribution in [2.45, 2.75) is 26.8 Å². The van der Waals surface area contributed by atoms with E-state index in [1.165, 1.54) is 10.4 Å². The Bertz CT molecular complexity index is 563. The lowest BCUT2D eigenvalue weighted by molar-refractivity contribution is 0.800. The zero-order valence-electron chi connectivity index (χ0n) is 12.6. The molecule has 0 atom stereocenters. The Morgan fingerprint density at radius 1 is 1.24 bits per heavy atom. The van der Waals surface area contributed by atoms with Crippen LogP contribution in [-0.2, 0) is 13.0 Å². The predicted octanol–water partition coefficient (Wildman–Crippen LogP) is 2.75. The second kappa shape index (κ2) is 8.42. The first-order chi connectivity index (χ1) is 10.3. The summed E-state index contributed by atoms with van der Waals surface area (Å²) in [5, 5.41) is 6.65. The van der Waals surface area contributed by atoms with Crippen LogP contribution in [0.15, 0.2) is 40.8 Å². The van der Waals surface area contributed by atoms with Gasteiger partial charge in [-0.1, -0.05) is 30.3 Å². The van der Waals surface area contributed by atoms with Crippen LogP contribution in [0.3, 0.4) is 0 Å². The lowest BCUT2D eigenvalue weighted by Crippen LogP contribution is -2.38. The third-order valence-electron chi connectivity index (χ3n) is 3.12. The van der Waals surface area contributed by atoms with Gasteiger partial charge in [-0.05, 0) is 25.8 Å². The molecule has 0 radical (unpaired) electrons. The van der Waals surface area contributed by atoms with Crippen molar-refractivity contribution in [2.75, 3.05) is 13.1 Å². The second-order valence-corrected chi connectivity index (χ2v) is 5.66. The molecule has 2 rings (SSSR count). The number of nitrogens with one attached hydrogen (secondary N) is 2. The molecule has 0 aliphatic rings. The van der Waals surface area contributed by atoms with Gasteiger partial charge in [-0.15, -0.1) is 11.3 Å². The molecule has 0 saturated carbocycles. The number of hydrogen-bond donors (Lipinski definition) is 2. The molecule has 4 nitrogen and oxygen atoms in total. The molecule has 2 N–H and O–H groups in total. The van der Waals surface area contributed by atoms with E-state index in [9.17, 15) is 0 Å². The van der Waals surface area contributed by atoms with Crippen LogP contribution in [0.1, 0.15) is 23.1 Å². The largest absolute Gasteiger partial charge is 0.357 e. The van der Waals surface area contributed by atoms with Gasteiger partial charge in [0, 0.05) is 18.0 Å². The molecular weight excluding hydrogens is 280 g/mol. The Kier molecular flexibility index (Phi) is 6.22. The van der Waals surface area contributed by atoms with Crippen molar-refractivity contribution < 1.29 is 0 Å². The minimum Gasteiger partial charge on any atom is -0.357 e. The lowest BCUT2D eigenvalue weighted by Gasteiger charge is -2.11. The fraction of sp³-hybridized carbons (Fsp3) is 0.375. The molecule has 112 valence electrons. The van der Waals surface area contributed by atoms with Gasteiger partial charge in [-0.25, -0.2) is 9.98 Å². The number of aromatic nitrogens is 1. The van der Waals surface area contributed by atoms with Gasteiger partial charge in [0.15, 0.2) is 5.96 Å². The first kappa shape index (κ1) is 15.5. The molecule has 0 amide bonds. The number of nitrogens with zero attached hydrogens (tertiary/aromatic N) is 2. The third kappa shape index (κ3) is 5.19. The van der Waals surface area contributed by atoms with E-state index >= 15 is 0 Å². The summed E-state index contributed by atoms with van der Waals surface area (Å²) in [4.78, 5) is 10.1. The van der Waals surface area contributed by atoms with Gasteiger partial charge in [0.25, 0.3) is 0 Å². The van der Waals surface area contributed by atoms with Crippen molar-refractivity contribution in [3.63, 3.8) is 0 Å². The first-order valence-electron chi connectivity index (χ1n) is 7.24. The van der Waals surface area contributed by atoms with Gasteiger partial charge >= 0.3 is 0 Å². The average molecular weight is 302 g/mol. The van der Waals surface area contributed by atoms with Crippen molar-refractivity contribution in [3.8, 4) is 0 Å². The van der Waals surface area contributed by atoms with Gasteiger partial charge in [-0.2, -0.15) is 0 Å². The van der Waals surface area contributed by atoms with Gasteiger partial charge in [0.1, 0.15) is 0 Å². The fourth-order valence-corrected chi connectivity index (χ4v) is 2.64. The zero-order chi connectivity index (χ0) is 14.9. The quantitative estimate of drug-likeness (QED) is 0.637. The summed E-state index contributed by atoms with van der Waals surface area (Å²) < 4.78 is 0. The second-order valence-electron chi connectivity index (χ2n) is 4.72. The molecule has 0 aliphatic carbocycles. The Morgan fingerprint density at radius 2 is 2.05 bits per heavy atom. The Morgan fingerprint density at radius 3 is 2.71 bits per heavy atom. The zero-order valence-corrected chi connectivity index (χ0v) is 13.4. The van der Waals surface area contributed by atoms with Crippen LogP contribution >= 0.6 is 11.3 Å². The Balaban J connectivity index is 1.85. The lowest BCUT2D eigenvalue weighted by atomic mass is 10.1. The standard InChI is InChI=1S/C16H22N4S/c1-3-17-16(19-11-15-13(2)20-12-21-15)18-10-9-14-7-5-4-6-8-14/h4-8,12H,3,9-11H2,1-2H3,(H2,17,18,19). The van der Waals surface area contributed by atoms with E-state index in [1.807, 2.05) is 18.5 Å². The molecule has 0 aliphatic heterocycles. The number of aliphatic imine (C=N–C) groups is 1. The van der Waals surface area contributed by atoms with Gasteiger partial charge in [0.2, 0.25) is 0 Å². The summed E-state index contributed by atoms with van der Waals surface area (Å²) in [6.07, 6.45) is 0.991. The normalized spacial score (nSPS) is 11.4. The van der Waals surface area contributed by atoms with Gasteiger partial charge in [-0.3, -0.25) is 0 Å². The van der Waals surface area contributed by atoms with E-state index < -0.39 is 0 Å². The van der Waals surface area contributed by atoms with Crippen molar-refractivity contribution in [2.24, 2.45) is 4.99 Å². The minimum absolute atomic E-state index is 0.678. The summed E-state index contributed by atoms with van der Waals surface area (Å²) in [5.74, 6) is 0.862. The maximum atomic E-state index is 4.61. The number of thiazole rings is 1. The molecule has 0 saturated heterocycles. The minimum atomic E-state index is 0.678. The Labute approximate surface area is 130 Å². The number of rotatable bonds is 6. The fourth-order valence-electron chi connectivity index (χ4n) is 1.94. The van der Waals surface area contributed by atoms with Crippen molar-refractivity contribution in [3.05, 3.63) is 52.0 Å². The smallest absolute Gasteiger partial charge is 0.191 e. The van der Waals surface area contributed by atoms with Crippen molar-refractivity contribution in [1.82, 2.24) is 15.6 Å². The van der Waals surface area contributed by atoms with Crippen molar-refractivity contribution in [1.29, 1.82) is 0 Å². The predicted molar refractivity (Wildman–Crippen MR) is 89.8 cm³/mol. The summed E-state index contributed by atoms with van der Waals surface area (Å²) in [6.45, 7) is 6.51. The van der Waals surface area contributed by atoms with Crippen LogP contribution in [0.2, 0.25) is 0 Å². The third-order valence-corrected chi connectivity index (χ3v) is 4.04.